The lowest BCUT2D eigenvalue weighted by Crippen LogP contribution is -2.47. The molecule has 0 radical (unpaired) electrons. The van der Waals surface area contributed by atoms with Crippen LogP contribution in [0.5, 0.6) is 0 Å². The van der Waals surface area contributed by atoms with Crippen LogP contribution in [0, 0.1) is 28.8 Å². The van der Waals surface area contributed by atoms with Crippen LogP contribution in [0.25, 0.3) is 6.08 Å². The summed E-state index contributed by atoms with van der Waals surface area (Å²) in [5.41, 5.74) is -1.40. The zero-order valence-corrected chi connectivity index (χ0v) is 22.5. The number of allylic oxidation sites excluding steroid dienone is 2. The number of ether oxygens (including phenoxy) is 3. The van der Waals surface area contributed by atoms with Gasteiger partial charge in [-0.05, 0) is 37.3 Å². The van der Waals surface area contributed by atoms with Crippen LogP contribution in [0.15, 0.2) is 67.3 Å². The van der Waals surface area contributed by atoms with Gasteiger partial charge in [-0.3, -0.25) is 0 Å². The standard InChI is InChI=1S/C28H25F3N4O5S/c1-18(28(40-27(36)37,15-35-17-33-16-34-35)23-9-8-21(29)11-25(23)31)41-22-13-38-26(39-14-22)5-3-2-4-20-7-6-19(12-32)10-24(20)30/h2-11,16-18,22,26H,13-15H2,1H3,(H,36,37). The van der Waals surface area contributed by atoms with E-state index >= 15 is 4.39 Å². The summed E-state index contributed by atoms with van der Waals surface area (Å²) in [5.74, 6) is -2.30. The van der Waals surface area contributed by atoms with E-state index in [0.717, 1.165) is 18.2 Å². The maximum atomic E-state index is 15.1. The van der Waals surface area contributed by atoms with Crippen molar-refractivity contribution in [1.82, 2.24) is 14.8 Å². The third kappa shape index (κ3) is 7.55. The Balaban J connectivity index is 1.44. The molecule has 1 aromatic heterocycles. The summed E-state index contributed by atoms with van der Waals surface area (Å²) in [7, 11) is 0. The Bertz CT molecular complexity index is 1460. The molecule has 2 heterocycles. The molecule has 0 amide bonds. The molecule has 2 unspecified atom stereocenters. The van der Waals surface area contributed by atoms with Crippen LogP contribution in [-0.2, 0) is 26.4 Å². The Morgan fingerprint density at radius 2 is 2.02 bits per heavy atom. The summed E-state index contributed by atoms with van der Waals surface area (Å²) in [4.78, 5) is 15.7. The molecule has 0 saturated carbocycles. The monoisotopic (exact) mass is 586 g/mol. The Hall–Kier alpha value is -4.12. The van der Waals surface area contributed by atoms with Crippen molar-refractivity contribution in [2.45, 2.75) is 35.9 Å². The van der Waals surface area contributed by atoms with Crippen molar-refractivity contribution in [1.29, 1.82) is 5.26 Å². The fraction of sp³-hybridized carbons (Fsp3) is 0.286. The second-order valence-electron chi connectivity index (χ2n) is 9.00. The predicted molar refractivity (Wildman–Crippen MR) is 143 cm³/mol. The molecule has 1 aliphatic heterocycles. The quantitative estimate of drug-likeness (QED) is 0.250. The lowest BCUT2D eigenvalue weighted by molar-refractivity contribution is -0.146. The highest BCUT2D eigenvalue weighted by Crippen LogP contribution is 2.41. The van der Waals surface area contributed by atoms with Crippen molar-refractivity contribution >= 4 is 24.0 Å². The maximum absolute atomic E-state index is 15.1. The SMILES string of the molecule is CC(SC1COC(C=CC=Cc2ccc(C#N)cc2F)OC1)C(Cn1cncn1)(OC(=O)O)c1ccc(F)cc1F. The number of halogens is 3. The van der Waals surface area contributed by atoms with Crippen molar-refractivity contribution in [2.24, 2.45) is 0 Å². The van der Waals surface area contributed by atoms with Gasteiger partial charge in [0, 0.05) is 22.4 Å². The lowest BCUT2D eigenvalue weighted by atomic mass is 9.89. The van der Waals surface area contributed by atoms with Gasteiger partial charge in [0.2, 0.25) is 0 Å². The second-order valence-corrected chi connectivity index (χ2v) is 10.6. The smallest absolute Gasteiger partial charge is 0.450 e. The van der Waals surface area contributed by atoms with Gasteiger partial charge in [-0.15, -0.1) is 11.8 Å². The first-order chi connectivity index (χ1) is 19.7. The molecule has 41 heavy (non-hydrogen) atoms. The molecule has 1 saturated heterocycles. The minimum Gasteiger partial charge on any atom is -0.450 e. The first-order valence-electron chi connectivity index (χ1n) is 12.3. The number of nitriles is 1. The summed E-state index contributed by atoms with van der Waals surface area (Å²) in [6.45, 7) is 1.89. The topological polar surface area (TPSA) is 119 Å². The van der Waals surface area contributed by atoms with Gasteiger partial charge in [0.05, 0.1) is 36.6 Å². The molecule has 1 aliphatic rings. The summed E-state index contributed by atoms with van der Waals surface area (Å²) < 4.78 is 61.0. The van der Waals surface area contributed by atoms with E-state index < -0.39 is 40.7 Å². The van der Waals surface area contributed by atoms with Gasteiger partial charge in [-0.2, -0.15) is 10.4 Å². The van der Waals surface area contributed by atoms with E-state index in [9.17, 15) is 18.7 Å². The number of hydrogen-bond acceptors (Lipinski definition) is 8. The molecular weight excluding hydrogens is 561 g/mol. The first-order valence-corrected chi connectivity index (χ1v) is 13.3. The minimum atomic E-state index is -1.80. The molecule has 214 valence electrons. The minimum absolute atomic E-state index is 0.152. The van der Waals surface area contributed by atoms with E-state index in [1.54, 1.807) is 31.2 Å². The summed E-state index contributed by atoms with van der Waals surface area (Å²) >= 11 is 1.27. The molecule has 9 nitrogen and oxygen atoms in total. The molecule has 2 aromatic carbocycles. The number of thioether (sulfide) groups is 1. The zero-order valence-electron chi connectivity index (χ0n) is 21.7. The molecule has 3 aromatic rings. The average Bonchev–Trinajstić information content (AvgIpc) is 3.45. The molecule has 1 fully saturated rings. The molecule has 4 rings (SSSR count). The molecule has 0 aliphatic carbocycles. The van der Waals surface area contributed by atoms with E-state index in [0.29, 0.717) is 11.6 Å². The maximum Gasteiger partial charge on any atom is 0.506 e. The average molecular weight is 587 g/mol. The van der Waals surface area contributed by atoms with Crippen molar-refractivity contribution in [2.75, 3.05) is 13.2 Å². The third-order valence-electron chi connectivity index (χ3n) is 6.25. The Kier molecular flexibility index (Phi) is 9.82. The van der Waals surface area contributed by atoms with E-state index in [-0.39, 0.29) is 36.1 Å². The Labute approximate surface area is 237 Å². The van der Waals surface area contributed by atoms with E-state index in [1.165, 1.54) is 41.2 Å². The van der Waals surface area contributed by atoms with Crippen LogP contribution in [0.2, 0.25) is 0 Å². The molecule has 13 heteroatoms. The number of hydrogen-bond donors (Lipinski definition) is 1. The van der Waals surface area contributed by atoms with Crippen LogP contribution >= 0.6 is 11.8 Å². The molecular formula is C28H25F3N4O5S. The van der Waals surface area contributed by atoms with Gasteiger partial charge < -0.3 is 19.3 Å². The van der Waals surface area contributed by atoms with Crippen molar-refractivity contribution < 1.29 is 37.3 Å². The van der Waals surface area contributed by atoms with Crippen LogP contribution < -0.4 is 0 Å². The number of rotatable bonds is 10. The van der Waals surface area contributed by atoms with Crippen molar-refractivity contribution in [3.05, 3.63) is 101 Å². The Morgan fingerprint density at radius 1 is 1.24 bits per heavy atom. The van der Waals surface area contributed by atoms with Crippen LogP contribution in [0.4, 0.5) is 18.0 Å². The van der Waals surface area contributed by atoms with Crippen LogP contribution in [0.1, 0.15) is 23.6 Å². The summed E-state index contributed by atoms with van der Waals surface area (Å²) in [6.07, 6.45) is 6.70. The molecule has 2 atom stereocenters. The lowest BCUT2D eigenvalue weighted by Gasteiger charge is -2.39. The van der Waals surface area contributed by atoms with Crippen LogP contribution in [0.3, 0.4) is 0 Å². The highest BCUT2D eigenvalue weighted by atomic mass is 32.2. The summed E-state index contributed by atoms with van der Waals surface area (Å²) in [5, 5.41) is 21.5. The highest BCUT2D eigenvalue weighted by Gasteiger charge is 2.47. The molecule has 0 bridgehead atoms. The Morgan fingerprint density at radius 3 is 2.66 bits per heavy atom. The first kappa shape index (κ1) is 29.9. The van der Waals surface area contributed by atoms with E-state index in [1.807, 2.05) is 6.07 Å². The molecule has 1 N–H and O–H groups in total. The predicted octanol–water partition coefficient (Wildman–Crippen LogP) is 5.29. The van der Waals surface area contributed by atoms with Gasteiger partial charge in [-0.25, -0.2) is 27.6 Å². The van der Waals surface area contributed by atoms with Gasteiger partial charge >= 0.3 is 6.16 Å². The fourth-order valence-electron chi connectivity index (χ4n) is 4.28. The number of aromatic nitrogens is 3. The van der Waals surface area contributed by atoms with Crippen molar-refractivity contribution in [3.8, 4) is 6.07 Å². The second kappa shape index (κ2) is 13.5. The van der Waals surface area contributed by atoms with E-state index in [2.05, 4.69) is 10.1 Å². The third-order valence-corrected chi connectivity index (χ3v) is 7.70. The largest absolute Gasteiger partial charge is 0.506 e. The zero-order chi connectivity index (χ0) is 29.4. The van der Waals surface area contributed by atoms with Crippen molar-refractivity contribution in [3.63, 3.8) is 0 Å². The number of carbonyl (C=O) groups is 1. The number of carboxylic acid groups (broad SMARTS) is 1. The van der Waals surface area contributed by atoms with Gasteiger partial charge in [0.15, 0.2) is 11.9 Å². The van der Waals surface area contributed by atoms with Crippen LogP contribution in [-0.4, -0.2) is 56.0 Å². The normalized spacial score (nSPS) is 19.6. The number of nitrogens with zero attached hydrogens (tertiary/aromatic N) is 4. The summed E-state index contributed by atoms with van der Waals surface area (Å²) in [6, 6.07) is 8.92. The van der Waals surface area contributed by atoms with Gasteiger partial charge in [0.1, 0.15) is 30.1 Å². The molecule has 0 spiro atoms. The van der Waals surface area contributed by atoms with E-state index in [4.69, 9.17) is 19.5 Å². The fourth-order valence-corrected chi connectivity index (χ4v) is 5.64. The van der Waals surface area contributed by atoms with Gasteiger partial charge in [-0.1, -0.05) is 24.3 Å². The number of benzene rings is 2. The van der Waals surface area contributed by atoms with Gasteiger partial charge in [0.25, 0.3) is 0 Å². The highest BCUT2D eigenvalue weighted by molar-refractivity contribution is 8.00.